The quantitative estimate of drug-likeness (QED) is 0.839. The second kappa shape index (κ2) is 5.33. The van der Waals surface area contributed by atoms with Gasteiger partial charge in [0.1, 0.15) is 4.62 Å². The molecule has 1 aromatic rings. The number of carbonyl (C=O) groups excluding carboxylic acids is 1. The lowest BCUT2D eigenvalue weighted by molar-refractivity contribution is 0.0790. The summed E-state index contributed by atoms with van der Waals surface area (Å²) in [4.78, 5) is 19.4. The Balaban J connectivity index is 1.70. The topological polar surface area (TPSA) is 41.9 Å². The predicted molar refractivity (Wildman–Crippen MR) is 76.4 cm³/mol. The third-order valence-corrected chi connectivity index (χ3v) is 4.02. The Morgan fingerprint density at radius 2 is 1.95 bits per heavy atom. The average molecular weight is 323 g/mol. The molecule has 2 aliphatic heterocycles. The normalized spacial score (nSPS) is 22.3. The molecule has 0 bridgehead atoms. The number of likely N-dealkylation sites (tertiary alicyclic amines) is 1. The number of oxime groups is 1. The molecule has 4 nitrogen and oxygen atoms in total. The number of carbonyl (C=O) groups is 1. The molecular weight excluding hydrogens is 308 g/mol. The SMILES string of the molecule is O=C(c1ccc([C@@H]2CC(Br)=NO2)cc1)N1CCCC1. The summed E-state index contributed by atoms with van der Waals surface area (Å²) < 4.78 is 0.828. The number of nitrogens with zero attached hydrogens (tertiary/aromatic N) is 2. The average Bonchev–Trinajstić information content (AvgIpc) is 3.09. The lowest BCUT2D eigenvalue weighted by atomic mass is 10.0. The minimum Gasteiger partial charge on any atom is -0.386 e. The molecule has 2 aliphatic rings. The van der Waals surface area contributed by atoms with E-state index in [0.29, 0.717) is 0 Å². The molecule has 2 heterocycles. The molecule has 100 valence electrons. The lowest BCUT2D eigenvalue weighted by Gasteiger charge is -2.15. The third-order valence-electron chi connectivity index (χ3n) is 3.56. The summed E-state index contributed by atoms with van der Waals surface area (Å²) in [6.45, 7) is 1.76. The van der Waals surface area contributed by atoms with Crippen LogP contribution < -0.4 is 0 Å². The highest BCUT2D eigenvalue weighted by molar-refractivity contribution is 9.18. The van der Waals surface area contributed by atoms with E-state index in [0.717, 1.165) is 48.1 Å². The van der Waals surface area contributed by atoms with E-state index in [4.69, 9.17) is 4.84 Å². The maximum atomic E-state index is 12.2. The number of hydrogen-bond donors (Lipinski definition) is 0. The minimum atomic E-state index is -0.0367. The van der Waals surface area contributed by atoms with Gasteiger partial charge >= 0.3 is 0 Å². The van der Waals surface area contributed by atoms with Crippen molar-refractivity contribution < 1.29 is 9.63 Å². The molecule has 19 heavy (non-hydrogen) atoms. The van der Waals surface area contributed by atoms with Crippen LogP contribution in [0.1, 0.15) is 41.3 Å². The van der Waals surface area contributed by atoms with Crippen molar-refractivity contribution in [2.75, 3.05) is 13.1 Å². The van der Waals surface area contributed by atoms with Crippen LogP contribution in [0.5, 0.6) is 0 Å². The molecule has 0 aliphatic carbocycles. The summed E-state index contributed by atoms with van der Waals surface area (Å²) in [5.41, 5.74) is 1.81. The van der Waals surface area contributed by atoms with Crippen LogP contribution in [-0.2, 0) is 4.84 Å². The molecule has 1 saturated heterocycles. The standard InChI is InChI=1S/C14H15BrN2O2/c15-13-9-12(19-16-13)10-3-5-11(6-4-10)14(18)17-7-1-2-8-17/h3-6,12H,1-2,7-9H2/t12-/m0/s1. The molecule has 3 rings (SSSR count). The van der Waals surface area contributed by atoms with E-state index >= 15 is 0 Å². The van der Waals surface area contributed by atoms with Gasteiger partial charge in [-0.15, -0.1) is 0 Å². The molecule has 0 radical (unpaired) electrons. The highest BCUT2D eigenvalue weighted by Gasteiger charge is 2.23. The number of amides is 1. The maximum Gasteiger partial charge on any atom is 0.253 e. The van der Waals surface area contributed by atoms with E-state index in [1.165, 1.54) is 0 Å². The van der Waals surface area contributed by atoms with Crippen LogP contribution in [0.25, 0.3) is 0 Å². The van der Waals surface area contributed by atoms with Crippen molar-refractivity contribution in [1.29, 1.82) is 0 Å². The van der Waals surface area contributed by atoms with Gasteiger partial charge < -0.3 is 9.74 Å². The fourth-order valence-corrected chi connectivity index (χ4v) is 2.85. The highest BCUT2D eigenvalue weighted by Crippen LogP contribution is 2.29. The van der Waals surface area contributed by atoms with Gasteiger partial charge in [-0.25, -0.2) is 0 Å². The summed E-state index contributed by atoms with van der Waals surface area (Å²) in [6, 6.07) is 7.67. The summed E-state index contributed by atoms with van der Waals surface area (Å²) in [5.74, 6) is 0.133. The van der Waals surface area contributed by atoms with Crippen molar-refractivity contribution in [2.24, 2.45) is 5.16 Å². The van der Waals surface area contributed by atoms with Crippen LogP contribution >= 0.6 is 15.9 Å². The van der Waals surface area contributed by atoms with Crippen molar-refractivity contribution in [3.63, 3.8) is 0 Å². The molecule has 0 N–H and O–H groups in total. The zero-order valence-corrected chi connectivity index (χ0v) is 12.1. The van der Waals surface area contributed by atoms with E-state index in [2.05, 4.69) is 21.1 Å². The Bertz CT molecular complexity index is 507. The first-order valence-corrected chi connectivity index (χ1v) is 7.31. The number of hydrogen-bond acceptors (Lipinski definition) is 3. The second-order valence-electron chi connectivity index (χ2n) is 4.89. The van der Waals surface area contributed by atoms with Crippen LogP contribution in [0, 0.1) is 0 Å². The van der Waals surface area contributed by atoms with Gasteiger partial charge in [0.05, 0.1) is 0 Å². The van der Waals surface area contributed by atoms with Crippen LogP contribution in [-0.4, -0.2) is 28.5 Å². The number of rotatable bonds is 2. The van der Waals surface area contributed by atoms with Crippen LogP contribution in [0.15, 0.2) is 29.4 Å². The van der Waals surface area contributed by atoms with E-state index < -0.39 is 0 Å². The predicted octanol–water partition coefficient (Wildman–Crippen LogP) is 3.09. The highest BCUT2D eigenvalue weighted by atomic mass is 79.9. The second-order valence-corrected chi connectivity index (χ2v) is 5.80. The first-order chi connectivity index (χ1) is 9.24. The Morgan fingerprint density at radius 3 is 2.53 bits per heavy atom. The molecule has 1 aromatic carbocycles. The molecule has 0 spiro atoms. The number of benzene rings is 1. The van der Waals surface area contributed by atoms with Gasteiger partial charge in [0.2, 0.25) is 0 Å². The lowest BCUT2D eigenvalue weighted by Crippen LogP contribution is -2.27. The summed E-state index contributed by atoms with van der Waals surface area (Å²) >= 11 is 3.32. The molecule has 1 atom stereocenters. The van der Waals surface area contributed by atoms with Crippen molar-refractivity contribution in [3.05, 3.63) is 35.4 Å². The van der Waals surface area contributed by atoms with Gasteiger partial charge in [0.15, 0.2) is 6.10 Å². The van der Waals surface area contributed by atoms with Gasteiger partial charge in [-0.2, -0.15) is 0 Å². The molecule has 0 unspecified atom stereocenters. The van der Waals surface area contributed by atoms with Crippen molar-refractivity contribution in [2.45, 2.75) is 25.4 Å². The molecule has 1 fully saturated rings. The first-order valence-electron chi connectivity index (χ1n) is 6.51. The van der Waals surface area contributed by atoms with Gasteiger partial charge in [-0.05, 0) is 46.5 Å². The molecule has 0 aromatic heterocycles. The minimum absolute atomic E-state index is 0.0367. The Labute approximate surface area is 120 Å². The zero-order valence-electron chi connectivity index (χ0n) is 10.5. The van der Waals surface area contributed by atoms with Crippen molar-refractivity contribution >= 4 is 26.5 Å². The summed E-state index contributed by atoms with van der Waals surface area (Å²) in [5, 5.41) is 3.87. The third kappa shape index (κ3) is 2.66. The first kappa shape index (κ1) is 12.7. The largest absolute Gasteiger partial charge is 0.386 e. The van der Waals surface area contributed by atoms with Crippen LogP contribution in [0.3, 0.4) is 0 Å². The Hall–Kier alpha value is -1.36. The van der Waals surface area contributed by atoms with Crippen LogP contribution in [0.2, 0.25) is 0 Å². The molecule has 5 heteroatoms. The zero-order chi connectivity index (χ0) is 13.2. The maximum absolute atomic E-state index is 12.2. The van der Waals surface area contributed by atoms with Crippen molar-refractivity contribution in [3.8, 4) is 0 Å². The van der Waals surface area contributed by atoms with E-state index in [-0.39, 0.29) is 12.0 Å². The van der Waals surface area contributed by atoms with E-state index in [1.54, 1.807) is 0 Å². The Kier molecular flexibility index (Phi) is 3.55. The van der Waals surface area contributed by atoms with Gasteiger partial charge in [0, 0.05) is 25.1 Å². The van der Waals surface area contributed by atoms with Gasteiger partial charge in [-0.1, -0.05) is 17.3 Å². The van der Waals surface area contributed by atoms with Crippen LogP contribution in [0.4, 0.5) is 0 Å². The molecule has 0 saturated carbocycles. The van der Waals surface area contributed by atoms with Gasteiger partial charge in [0.25, 0.3) is 5.91 Å². The fraction of sp³-hybridized carbons (Fsp3) is 0.429. The smallest absolute Gasteiger partial charge is 0.253 e. The summed E-state index contributed by atoms with van der Waals surface area (Å²) in [7, 11) is 0. The summed E-state index contributed by atoms with van der Waals surface area (Å²) in [6.07, 6.45) is 2.95. The van der Waals surface area contributed by atoms with Gasteiger partial charge in [-0.3, -0.25) is 4.79 Å². The fourth-order valence-electron chi connectivity index (χ4n) is 2.47. The van der Waals surface area contributed by atoms with E-state index in [1.807, 2.05) is 29.2 Å². The van der Waals surface area contributed by atoms with E-state index in [9.17, 15) is 4.79 Å². The Morgan fingerprint density at radius 1 is 1.26 bits per heavy atom. The molecule has 1 amide bonds. The molecular formula is C14H15BrN2O2. The number of halogens is 1. The van der Waals surface area contributed by atoms with Crippen molar-refractivity contribution in [1.82, 2.24) is 4.90 Å². The monoisotopic (exact) mass is 322 g/mol.